The van der Waals surface area contributed by atoms with Crippen LogP contribution in [-0.4, -0.2) is 30.8 Å². The smallest absolute Gasteiger partial charge is 0.255 e. The molecule has 4 heteroatoms. The summed E-state index contributed by atoms with van der Waals surface area (Å²) in [6.07, 6.45) is 0. The maximum Gasteiger partial charge on any atom is 0.255 e. The van der Waals surface area contributed by atoms with Gasteiger partial charge in [-0.15, -0.1) is 0 Å². The van der Waals surface area contributed by atoms with Gasteiger partial charge in [-0.25, -0.2) is 0 Å². The number of nitrogens with one attached hydrogen (secondary N) is 1. The van der Waals surface area contributed by atoms with E-state index in [1.54, 1.807) is 25.3 Å². The van der Waals surface area contributed by atoms with Crippen LogP contribution in [0.2, 0.25) is 0 Å². The second-order valence-electron chi connectivity index (χ2n) is 3.35. The Balaban J connectivity index is 2.65. The summed E-state index contributed by atoms with van der Waals surface area (Å²) >= 11 is 0. The van der Waals surface area contributed by atoms with E-state index in [2.05, 4.69) is 5.32 Å². The Labute approximate surface area is 88.9 Å². The van der Waals surface area contributed by atoms with E-state index in [4.69, 9.17) is 4.74 Å². The lowest BCUT2D eigenvalue weighted by atomic mass is 10.2. The Kier molecular flexibility index (Phi) is 4.12. The predicted molar refractivity (Wildman–Crippen MR) is 56.9 cm³/mol. The van der Waals surface area contributed by atoms with Crippen molar-refractivity contribution < 1.29 is 14.6 Å². The Bertz CT molecular complexity index is 338. The molecule has 0 heterocycles. The van der Waals surface area contributed by atoms with Crippen LogP contribution in [0.5, 0.6) is 5.75 Å². The number of carbonyl (C=O) groups excluding carboxylic acids is 1. The van der Waals surface area contributed by atoms with Crippen molar-refractivity contribution in [1.29, 1.82) is 0 Å². The number of phenols is 1. The van der Waals surface area contributed by atoms with E-state index in [0.717, 1.165) is 0 Å². The fraction of sp³-hybridized carbons (Fsp3) is 0.364. The molecular formula is C11H15NO3. The first kappa shape index (κ1) is 11.5. The zero-order valence-electron chi connectivity index (χ0n) is 8.86. The molecule has 0 aliphatic carbocycles. The normalized spacial score (nSPS) is 12.1. The van der Waals surface area contributed by atoms with Crippen molar-refractivity contribution in [3.05, 3.63) is 29.8 Å². The van der Waals surface area contributed by atoms with Gasteiger partial charge in [-0.1, -0.05) is 12.1 Å². The lowest BCUT2D eigenvalue weighted by Gasteiger charge is -2.13. The largest absolute Gasteiger partial charge is 0.507 e. The number of hydrogen-bond acceptors (Lipinski definition) is 3. The first-order chi connectivity index (χ1) is 7.15. The summed E-state index contributed by atoms with van der Waals surface area (Å²) in [7, 11) is 1.57. The van der Waals surface area contributed by atoms with Crippen LogP contribution in [0.25, 0.3) is 0 Å². The highest BCUT2D eigenvalue weighted by Crippen LogP contribution is 2.15. The molecule has 0 unspecified atom stereocenters. The number of amides is 1. The number of rotatable bonds is 4. The molecule has 1 aromatic carbocycles. The summed E-state index contributed by atoms with van der Waals surface area (Å²) in [6.45, 7) is 2.28. The standard InChI is InChI=1S/C11H15NO3/c1-8(7-15-2)12-11(14)9-5-3-4-6-10(9)13/h3-6,8,13H,7H2,1-2H3,(H,12,14)/t8-/m1/s1. The molecule has 0 spiro atoms. The van der Waals surface area contributed by atoms with Crippen molar-refractivity contribution in [3.63, 3.8) is 0 Å². The number of methoxy groups -OCH3 is 1. The summed E-state index contributed by atoms with van der Waals surface area (Å²) in [5.74, 6) is -0.308. The monoisotopic (exact) mass is 209 g/mol. The number of ether oxygens (including phenoxy) is 1. The molecule has 1 aromatic rings. The van der Waals surface area contributed by atoms with Crippen LogP contribution in [0.4, 0.5) is 0 Å². The molecule has 0 saturated carbocycles. The van der Waals surface area contributed by atoms with Crippen molar-refractivity contribution >= 4 is 5.91 Å². The van der Waals surface area contributed by atoms with E-state index in [1.165, 1.54) is 6.07 Å². The van der Waals surface area contributed by atoms with Gasteiger partial charge < -0.3 is 15.2 Å². The van der Waals surface area contributed by atoms with E-state index < -0.39 is 0 Å². The molecule has 0 aliphatic rings. The number of para-hydroxylation sites is 1. The summed E-state index contributed by atoms with van der Waals surface area (Å²) in [4.78, 5) is 11.6. The molecule has 15 heavy (non-hydrogen) atoms. The third kappa shape index (κ3) is 3.25. The van der Waals surface area contributed by atoms with Crippen molar-refractivity contribution in [2.75, 3.05) is 13.7 Å². The van der Waals surface area contributed by atoms with Crippen LogP contribution in [-0.2, 0) is 4.74 Å². The zero-order valence-corrected chi connectivity index (χ0v) is 8.86. The molecule has 2 N–H and O–H groups in total. The Morgan fingerprint density at radius 3 is 2.80 bits per heavy atom. The molecule has 1 atom stereocenters. The van der Waals surface area contributed by atoms with Gasteiger partial charge in [-0.3, -0.25) is 4.79 Å². The molecule has 82 valence electrons. The number of aromatic hydroxyl groups is 1. The molecule has 0 aliphatic heterocycles. The van der Waals surface area contributed by atoms with Gasteiger partial charge in [0.1, 0.15) is 5.75 Å². The molecular weight excluding hydrogens is 194 g/mol. The highest BCUT2D eigenvalue weighted by Gasteiger charge is 2.12. The molecule has 4 nitrogen and oxygen atoms in total. The number of phenolic OH excluding ortho intramolecular Hbond substituents is 1. The maximum atomic E-state index is 11.6. The summed E-state index contributed by atoms with van der Waals surface area (Å²) in [5, 5.41) is 12.1. The third-order valence-corrected chi connectivity index (χ3v) is 1.94. The van der Waals surface area contributed by atoms with Crippen LogP contribution in [0.3, 0.4) is 0 Å². The van der Waals surface area contributed by atoms with Crippen LogP contribution in [0.1, 0.15) is 17.3 Å². The van der Waals surface area contributed by atoms with Gasteiger partial charge in [0.25, 0.3) is 5.91 Å². The third-order valence-electron chi connectivity index (χ3n) is 1.94. The quantitative estimate of drug-likeness (QED) is 0.782. The summed E-state index contributed by atoms with van der Waals surface area (Å²) in [5.41, 5.74) is 0.278. The average Bonchev–Trinajstić information content (AvgIpc) is 2.18. The minimum absolute atomic E-state index is 0.0142. The molecule has 1 amide bonds. The average molecular weight is 209 g/mol. The maximum absolute atomic E-state index is 11.6. The second-order valence-corrected chi connectivity index (χ2v) is 3.35. The van der Waals surface area contributed by atoms with Gasteiger partial charge in [-0.2, -0.15) is 0 Å². The topological polar surface area (TPSA) is 58.6 Å². The Morgan fingerprint density at radius 1 is 1.53 bits per heavy atom. The van der Waals surface area contributed by atoms with E-state index in [0.29, 0.717) is 6.61 Å². The highest BCUT2D eigenvalue weighted by atomic mass is 16.5. The van der Waals surface area contributed by atoms with Crippen LogP contribution < -0.4 is 5.32 Å². The predicted octanol–water partition coefficient (Wildman–Crippen LogP) is 1.16. The summed E-state index contributed by atoms with van der Waals surface area (Å²) < 4.78 is 4.89. The lowest BCUT2D eigenvalue weighted by molar-refractivity contribution is 0.0903. The highest BCUT2D eigenvalue weighted by molar-refractivity contribution is 5.96. The van der Waals surface area contributed by atoms with E-state index in [1.807, 2.05) is 6.92 Å². The minimum Gasteiger partial charge on any atom is -0.507 e. The van der Waals surface area contributed by atoms with Gasteiger partial charge >= 0.3 is 0 Å². The lowest BCUT2D eigenvalue weighted by Crippen LogP contribution is -2.35. The molecule has 1 rings (SSSR count). The van der Waals surface area contributed by atoms with Crippen LogP contribution in [0, 0.1) is 0 Å². The second kappa shape index (κ2) is 5.36. The first-order valence-corrected chi connectivity index (χ1v) is 4.73. The zero-order chi connectivity index (χ0) is 11.3. The van der Waals surface area contributed by atoms with Crippen molar-refractivity contribution in [3.8, 4) is 5.75 Å². The van der Waals surface area contributed by atoms with E-state index in [-0.39, 0.29) is 23.3 Å². The number of hydrogen-bond donors (Lipinski definition) is 2. The van der Waals surface area contributed by atoms with Crippen LogP contribution >= 0.6 is 0 Å². The van der Waals surface area contributed by atoms with E-state index >= 15 is 0 Å². The molecule has 0 radical (unpaired) electrons. The van der Waals surface area contributed by atoms with Crippen molar-refractivity contribution in [1.82, 2.24) is 5.32 Å². The summed E-state index contributed by atoms with van der Waals surface area (Å²) in [6, 6.07) is 6.35. The van der Waals surface area contributed by atoms with Gasteiger partial charge in [0.15, 0.2) is 0 Å². The molecule has 0 fully saturated rings. The Hall–Kier alpha value is -1.55. The minimum atomic E-state index is -0.294. The van der Waals surface area contributed by atoms with E-state index in [9.17, 15) is 9.90 Å². The SMILES string of the molecule is COC[C@@H](C)NC(=O)c1ccccc1O. The molecule has 0 aromatic heterocycles. The Morgan fingerprint density at radius 2 is 2.20 bits per heavy atom. The van der Waals surface area contributed by atoms with Gasteiger partial charge in [0, 0.05) is 13.2 Å². The van der Waals surface area contributed by atoms with Crippen molar-refractivity contribution in [2.24, 2.45) is 0 Å². The van der Waals surface area contributed by atoms with Gasteiger partial charge in [-0.05, 0) is 19.1 Å². The van der Waals surface area contributed by atoms with Crippen molar-refractivity contribution in [2.45, 2.75) is 13.0 Å². The molecule has 0 saturated heterocycles. The fourth-order valence-corrected chi connectivity index (χ4v) is 1.26. The molecule has 0 bridgehead atoms. The number of benzene rings is 1. The van der Waals surface area contributed by atoms with Crippen LogP contribution in [0.15, 0.2) is 24.3 Å². The fourth-order valence-electron chi connectivity index (χ4n) is 1.26. The number of carbonyl (C=O) groups is 1. The van der Waals surface area contributed by atoms with Gasteiger partial charge in [0.2, 0.25) is 0 Å². The first-order valence-electron chi connectivity index (χ1n) is 4.73. The van der Waals surface area contributed by atoms with Gasteiger partial charge in [0.05, 0.1) is 12.2 Å².